The number of nitrogens with two attached hydrogens (primary N) is 2. The molecule has 4 N–H and O–H groups in total. The third kappa shape index (κ3) is 3.76. The van der Waals surface area contributed by atoms with Crippen molar-refractivity contribution in [3.05, 3.63) is 35.4 Å². The Bertz CT molecular complexity index is 448. The molecule has 0 radical (unpaired) electrons. The molecule has 0 aliphatic carbocycles. The highest BCUT2D eigenvalue weighted by Gasteiger charge is 2.23. The van der Waals surface area contributed by atoms with Crippen molar-refractivity contribution in [2.75, 3.05) is 19.7 Å². The number of amides is 1. The Morgan fingerprint density at radius 3 is 3.05 bits per heavy atom. The summed E-state index contributed by atoms with van der Waals surface area (Å²) >= 11 is 0. The van der Waals surface area contributed by atoms with Gasteiger partial charge in [0.2, 0.25) is 5.91 Å². The van der Waals surface area contributed by atoms with Gasteiger partial charge in [-0.3, -0.25) is 9.69 Å². The largest absolute Gasteiger partial charge is 0.374 e. The van der Waals surface area contributed by atoms with Gasteiger partial charge in [-0.1, -0.05) is 12.1 Å². The van der Waals surface area contributed by atoms with Crippen molar-refractivity contribution in [2.45, 2.75) is 25.6 Å². The lowest BCUT2D eigenvalue weighted by Crippen LogP contribution is -2.49. The quantitative estimate of drug-likeness (QED) is 0.820. The number of ether oxygens (including phenoxy) is 1. The van der Waals surface area contributed by atoms with E-state index in [0.29, 0.717) is 12.2 Å². The molecular weight excluding hydrogens is 242 g/mol. The molecule has 5 nitrogen and oxygen atoms in total. The smallest absolute Gasteiger partial charge is 0.248 e. The zero-order valence-corrected chi connectivity index (χ0v) is 11.2. The number of benzene rings is 1. The number of carbonyl (C=O) groups is 1. The molecule has 1 heterocycles. The first-order valence-electron chi connectivity index (χ1n) is 6.54. The van der Waals surface area contributed by atoms with Gasteiger partial charge in [0.05, 0.1) is 12.7 Å². The van der Waals surface area contributed by atoms with Crippen LogP contribution in [0.25, 0.3) is 0 Å². The van der Waals surface area contributed by atoms with Gasteiger partial charge in [-0.2, -0.15) is 0 Å². The molecule has 0 bridgehead atoms. The molecule has 2 rings (SSSR count). The van der Waals surface area contributed by atoms with Crippen LogP contribution in [0.1, 0.15) is 22.8 Å². The van der Waals surface area contributed by atoms with Crippen molar-refractivity contribution in [3.8, 4) is 0 Å². The Morgan fingerprint density at radius 2 is 2.37 bits per heavy atom. The summed E-state index contributed by atoms with van der Waals surface area (Å²) in [4.78, 5) is 13.4. The summed E-state index contributed by atoms with van der Waals surface area (Å²) in [6.45, 7) is 5.14. The van der Waals surface area contributed by atoms with E-state index < -0.39 is 5.91 Å². The van der Waals surface area contributed by atoms with E-state index in [1.807, 2.05) is 25.1 Å². The van der Waals surface area contributed by atoms with Gasteiger partial charge < -0.3 is 16.2 Å². The molecule has 1 aliphatic heterocycles. The van der Waals surface area contributed by atoms with Crippen molar-refractivity contribution in [3.63, 3.8) is 0 Å². The number of primary amides is 1. The summed E-state index contributed by atoms with van der Waals surface area (Å²) < 4.78 is 5.63. The minimum absolute atomic E-state index is 0.0275. The van der Waals surface area contributed by atoms with Gasteiger partial charge in [-0.05, 0) is 24.6 Å². The van der Waals surface area contributed by atoms with Crippen molar-refractivity contribution in [1.82, 2.24) is 4.90 Å². The molecule has 19 heavy (non-hydrogen) atoms. The summed E-state index contributed by atoms with van der Waals surface area (Å²) in [5.41, 5.74) is 12.8. The maximum absolute atomic E-state index is 11.2. The van der Waals surface area contributed by atoms with Gasteiger partial charge in [0.15, 0.2) is 0 Å². The van der Waals surface area contributed by atoms with Crippen LogP contribution in [0.15, 0.2) is 24.3 Å². The Labute approximate surface area is 113 Å². The molecule has 1 aliphatic rings. The first-order valence-corrected chi connectivity index (χ1v) is 6.54. The SMILES string of the molecule is CC(N)C1CN(Cc2cccc(C(N)=O)c2)CCO1. The number of carbonyl (C=O) groups excluding carboxylic acids is 1. The Balaban J connectivity index is 2.00. The van der Waals surface area contributed by atoms with Crippen LogP contribution in [0.4, 0.5) is 0 Å². The lowest BCUT2D eigenvalue weighted by Gasteiger charge is -2.34. The van der Waals surface area contributed by atoms with Gasteiger partial charge in [-0.25, -0.2) is 0 Å². The Hall–Kier alpha value is -1.43. The van der Waals surface area contributed by atoms with Crippen molar-refractivity contribution < 1.29 is 9.53 Å². The second kappa shape index (κ2) is 6.14. The van der Waals surface area contributed by atoms with Crippen LogP contribution in [-0.4, -0.2) is 42.6 Å². The van der Waals surface area contributed by atoms with Gasteiger partial charge in [0.25, 0.3) is 0 Å². The number of hydrogen-bond acceptors (Lipinski definition) is 4. The molecule has 2 unspecified atom stereocenters. The number of rotatable bonds is 4. The standard InChI is InChI=1S/C14H21N3O2/c1-10(15)13-9-17(5-6-19-13)8-11-3-2-4-12(7-11)14(16)18/h2-4,7,10,13H,5-6,8-9,15H2,1H3,(H2,16,18). The van der Waals surface area contributed by atoms with E-state index in [0.717, 1.165) is 25.2 Å². The monoisotopic (exact) mass is 263 g/mol. The molecule has 1 fully saturated rings. The second-order valence-electron chi connectivity index (χ2n) is 5.07. The minimum atomic E-state index is -0.391. The second-order valence-corrected chi connectivity index (χ2v) is 5.07. The molecule has 1 amide bonds. The van der Waals surface area contributed by atoms with Crippen LogP contribution in [0.5, 0.6) is 0 Å². The number of morpholine rings is 1. The zero-order chi connectivity index (χ0) is 13.8. The molecule has 0 spiro atoms. The lowest BCUT2D eigenvalue weighted by molar-refractivity contribution is -0.0403. The van der Waals surface area contributed by atoms with Gasteiger partial charge in [-0.15, -0.1) is 0 Å². The fourth-order valence-electron chi connectivity index (χ4n) is 2.27. The predicted molar refractivity (Wildman–Crippen MR) is 73.6 cm³/mol. The van der Waals surface area contributed by atoms with E-state index >= 15 is 0 Å². The van der Waals surface area contributed by atoms with E-state index in [9.17, 15) is 4.79 Å². The highest BCUT2D eigenvalue weighted by molar-refractivity contribution is 5.92. The molecule has 1 aromatic carbocycles. The molecular formula is C14H21N3O2. The average Bonchev–Trinajstić information content (AvgIpc) is 2.39. The molecule has 1 saturated heterocycles. The van der Waals surface area contributed by atoms with E-state index in [1.165, 1.54) is 0 Å². The van der Waals surface area contributed by atoms with Crippen LogP contribution in [0, 0.1) is 0 Å². The van der Waals surface area contributed by atoms with E-state index in [2.05, 4.69) is 4.90 Å². The third-order valence-electron chi connectivity index (χ3n) is 3.38. The maximum Gasteiger partial charge on any atom is 0.248 e. The minimum Gasteiger partial charge on any atom is -0.374 e. The third-order valence-corrected chi connectivity index (χ3v) is 3.38. The fraction of sp³-hybridized carbons (Fsp3) is 0.500. The van der Waals surface area contributed by atoms with E-state index in [1.54, 1.807) is 6.07 Å². The fourth-order valence-corrected chi connectivity index (χ4v) is 2.27. The first-order chi connectivity index (χ1) is 9.06. The predicted octanol–water partition coefficient (Wildman–Crippen LogP) is 0.333. The van der Waals surface area contributed by atoms with E-state index in [4.69, 9.17) is 16.2 Å². The summed E-state index contributed by atoms with van der Waals surface area (Å²) in [5, 5.41) is 0. The number of nitrogens with zero attached hydrogens (tertiary/aromatic N) is 1. The first kappa shape index (κ1) is 14.0. The zero-order valence-electron chi connectivity index (χ0n) is 11.2. The molecule has 0 aromatic heterocycles. The Morgan fingerprint density at radius 1 is 1.58 bits per heavy atom. The van der Waals surface area contributed by atoms with Crippen molar-refractivity contribution >= 4 is 5.91 Å². The lowest BCUT2D eigenvalue weighted by atomic mass is 10.1. The normalized spacial score (nSPS) is 22.1. The topological polar surface area (TPSA) is 81.6 Å². The Kier molecular flexibility index (Phi) is 4.52. The summed E-state index contributed by atoms with van der Waals surface area (Å²) in [6.07, 6.45) is 0.0769. The molecule has 2 atom stereocenters. The number of hydrogen-bond donors (Lipinski definition) is 2. The summed E-state index contributed by atoms with van der Waals surface area (Å²) in [6, 6.07) is 7.47. The van der Waals surface area contributed by atoms with Crippen LogP contribution in [0.2, 0.25) is 0 Å². The van der Waals surface area contributed by atoms with Gasteiger partial charge in [0, 0.05) is 31.2 Å². The van der Waals surface area contributed by atoms with Crippen molar-refractivity contribution in [1.29, 1.82) is 0 Å². The van der Waals surface area contributed by atoms with Gasteiger partial charge >= 0.3 is 0 Å². The maximum atomic E-state index is 11.2. The molecule has 104 valence electrons. The van der Waals surface area contributed by atoms with Crippen LogP contribution < -0.4 is 11.5 Å². The van der Waals surface area contributed by atoms with Crippen LogP contribution in [-0.2, 0) is 11.3 Å². The van der Waals surface area contributed by atoms with Crippen LogP contribution in [0.3, 0.4) is 0 Å². The average molecular weight is 263 g/mol. The highest BCUT2D eigenvalue weighted by atomic mass is 16.5. The van der Waals surface area contributed by atoms with Crippen molar-refractivity contribution in [2.24, 2.45) is 11.5 Å². The molecule has 0 saturated carbocycles. The van der Waals surface area contributed by atoms with E-state index in [-0.39, 0.29) is 12.1 Å². The van der Waals surface area contributed by atoms with Crippen LogP contribution >= 0.6 is 0 Å². The molecule has 1 aromatic rings. The highest BCUT2D eigenvalue weighted by Crippen LogP contribution is 2.13. The summed E-state index contributed by atoms with van der Waals surface area (Å²) in [5.74, 6) is -0.391. The molecule has 5 heteroatoms. The summed E-state index contributed by atoms with van der Waals surface area (Å²) in [7, 11) is 0. The van der Waals surface area contributed by atoms with Gasteiger partial charge in [0.1, 0.15) is 0 Å².